The lowest BCUT2D eigenvalue weighted by Crippen LogP contribution is -2.28. The maximum absolute atomic E-state index is 12.5. The smallest absolute Gasteiger partial charge is 0.224 e. The van der Waals surface area contributed by atoms with Crippen molar-refractivity contribution >= 4 is 5.91 Å². The number of hydrogen-bond donors (Lipinski definition) is 1. The van der Waals surface area contributed by atoms with Crippen LogP contribution in [0.4, 0.5) is 0 Å². The first-order chi connectivity index (χ1) is 12.5. The van der Waals surface area contributed by atoms with E-state index >= 15 is 0 Å². The highest BCUT2D eigenvalue weighted by Crippen LogP contribution is 2.38. The molecule has 0 aromatic heterocycles. The average molecular weight is 359 g/mol. The average Bonchev–Trinajstić information content (AvgIpc) is 2.66. The Bertz CT molecular complexity index is 735. The summed E-state index contributed by atoms with van der Waals surface area (Å²) in [5.74, 6) is 2.17. The molecule has 0 aliphatic carbocycles. The summed E-state index contributed by atoms with van der Waals surface area (Å²) >= 11 is 0. The van der Waals surface area contributed by atoms with Crippen molar-refractivity contribution in [2.75, 3.05) is 28.4 Å². The first-order valence-electron chi connectivity index (χ1n) is 8.25. The minimum Gasteiger partial charge on any atom is -0.496 e. The molecule has 1 amide bonds. The van der Waals surface area contributed by atoms with Crippen molar-refractivity contribution in [1.82, 2.24) is 5.32 Å². The molecule has 140 valence electrons. The number of benzene rings is 2. The van der Waals surface area contributed by atoms with Gasteiger partial charge >= 0.3 is 0 Å². The molecule has 0 saturated carbocycles. The Morgan fingerprint density at radius 2 is 1.50 bits per heavy atom. The molecule has 0 unspecified atom stereocenters. The Morgan fingerprint density at radius 3 is 2.04 bits per heavy atom. The van der Waals surface area contributed by atoms with Crippen LogP contribution in [0.2, 0.25) is 0 Å². The van der Waals surface area contributed by atoms with Crippen molar-refractivity contribution in [3.8, 4) is 23.0 Å². The summed E-state index contributed by atoms with van der Waals surface area (Å²) < 4.78 is 21.3. The van der Waals surface area contributed by atoms with Crippen LogP contribution in [0.1, 0.15) is 24.1 Å². The highest BCUT2D eigenvalue weighted by atomic mass is 16.5. The lowest BCUT2D eigenvalue weighted by Gasteiger charge is -2.18. The van der Waals surface area contributed by atoms with E-state index in [1.165, 1.54) is 0 Å². The topological polar surface area (TPSA) is 66.0 Å². The summed E-state index contributed by atoms with van der Waals surface area (Å²) in [5.41, 5.74) is 1.69. The molecule has 0 heterocycles. The van der Waals surface area contributed by atoms with Gasteiger partial charge in [0.2, 0.25) is 11.7 Å². The van der Waals surface area contributed by atoms with Gasteiger partial charge < -0.3 is 24.3 Å². The quantitative estimate of drug-likeness (QED) is 0.784. The van der Waals surface area contributed by atoms with Crippen LogP contribution in [0.25, 0.3) is 0 Å². The van der Waals surface area contributed by atoms with Crippen molar-refractivity contribution in [1.29, 1.82) is 0 Å². The molecule has 0 saturated heterocycles. The summed E-state index contributed by atoms with van der Waals surface area (Å²) in [6, 6.07) is 11.0. The fraction of sp³-hybridized carbons (Fsp3) is 0.350. The Kier molecular flexibility index (Phi) is 6.72. The molecule has 0 aliphatic rings. The van der Waals surface area contributed by atoms with Gasteiger partial charge in [-0.05, 0) is 30.7 Å². The molecule has 0 fully saturated rings. The number of amides is 1. The number of carbonyl (C=O) groups is 1. The van der Waals surface area contributed by atoms with E-state index in [0.29, 0.717) is 17.2 Å². The Labute approximate surface area is 154 Å². The highest BCUT2D eigenvalue weighted by molar-refractivity contribution is 5.79. The minimum atomic E-state index is -0.180. The molecule has 6 heteroatoms. The first kappa shape index (κ1) is 19.4. The SMILES string of the molecule is COc1ccccc1[C@@H](C)NC(=O)Cc1cc(OC)c(OC)c(OC)c1. The fourth-order valence-electron chi connectivity index (χ4n) is 2.82. The van der Waals surface area contributed by atoms with E-state index in [4.69, 9.17) is 18.9 Å². The van der Waals surface area contributed by atoms with Crippen LogP contribution in [0, 0.1) is 0 Å². The third-order valence-electron chi connectivity index (χ3n) is 4.07. The second kappa shape index (κ2) is 8.99. The number of rotatable bonds is 8. The van der Waals surface area contributed by atoms with Crippen molar-refractivity contribution < 1.29 is 23.7 Å². The Balaban J connectivity index is 2.14. The highest BCUT2D eigenvalue weighted by Gasteiger charge is 2.17. The molecule has 1 atom stereocenters. The number of methoxy groups -OCH3 is 4. The molecule has 26 heavy (non-hydrogen) atoms. The van der Waals surface area contributed by atoms with Crippen LogP contribution in [0.3, 0.4) is 0 Å². The van der Waals surface area contributed by atoms with Crippen molar-refractivity contribution in [3.05, 3.63) is 47.5 Å². The zero-order valence-corrected chi connectivity index (χ0v) is 15.8. The van der Waals surface area contributed by atoms with E-state index in [2.05, 4.69) is 5.32 Å². The van der Waals surface area contributed by atoms with Gasteiger partial charge in [0.05, 0.1) is 40.9 Å². The first-order valence-corrected chi connectivity index (χ1v) is 8.25. The van der Waals surface area contributed by atoms with Gasteiger partial charge in [0.1, 0.15) is 5.75 Å². The molecule has 6 nitrogen and oxygen atoms in total. The molecular formula is C20H25NO5. The molecule has 0 bridgehead atoms. The van der Waals surface area contributed by atoms with Gasteiger partial charge in [0, 0.05) is 5.56 Å². The van der Waals surface area contributed by atoms with Crippen LogP contribution in [0.5, 0.6) is 23.0 Å². The zero-order chi connectivity index (χ0) is 19.1. The minimum absolute atomic E-state index is 0.113. The maximum Gasteiger partial charge on any atom is 0.224 e. The predicted molar refractivity (Wildman–Crippen MR) is 99.4 cm³/mol. The number of para-hydroxylation sites is 1. The summed E-state index contributed by atoms with van der Waals surface area (Å²) in [4.78, 5) is 12.5. The number of ether oxygens (including phenoxy) is 4. The predicted octanol–water partition coefficient (Wildman–Crippen LogP) is 3.14. The van der Waals surface area contributed by atoms with Gasteiger partial charge in [-0.1, -0.05) is 18.2 Å². The van der Waals surface area contributed by atoms with Crippen LogP contribution >= 0.6 is 0 Å². The largest absolute Gasteiger partial charge is 0.496 e. The van der Waals surface area contributed by atoms with Gasteiger partial charge in [-0.25, -0.2) is 0 Å². The maximum atomic E-state index is 12.5. The van der Waals surface area contributed by atoms with E-state index in [1.54, 1.807) is 40.6 Å². The van der Waals surface area contributed by atoms with Gasteiger partial charge in [-0.15, -0.1) is 0 Å². The van der Waals surface area contributed by atoms with Gasteiger partial charge in [-0.2, -0.15) is 0 Å². The lowest BCUT2D eigenvalue weighted by atomic mass is 10.1. The summed E-state index contributed by atoms with van der Waals surface area (Å²) in [6.07, 6.45) is 0.191. The van der Waals surface area contributed by atoms with E-state index in [1.807, 2.05) is 31.2 Å². The van der Waals surface area contributed by atoms with Crippen molar-refractivity contribution in [3.63, 3.8) is 0 Å². The van der Waals surface area contributed by atoms with Gasteiger partial charge in [-0.3, -0.25) is 4.79 Å². The summed E-state index contributed by atoms with van der Waals surface area (Å²) in [5, 5.41) is 2.99. The monoisotopic (exact) mass is 359 g/mol. The van der Waals surface area contributed by atoms with Crippen molar-refractivity contribution in [2.24, 2.45) is 0 Å². The van der Waals surface area contributed by atoms with E-state index in [-0.39, 0.29) is 18.4 Å². The van der Waals surface area contributed by atoms with Gasteiger partial charge in [0.25, 0.3) is 0 Å². The number of nitrogens with one attached hydrogen (secondary N) is 1. The standard InChI is InChI=1S/C20H25NO5/c1-13(15-8-6-7-9-16(15)23-2)21-19(22)12-14-10-17(24-3)20(26-5)18(11-14)25-4/h6-11,13H,12H2,1-5H3,(H,21,22)/t13-/m1/s1. The molecule has 0 aliphatic heterocycles. The Hall–Kier alpha value is -2.89. The van der Waals surface area contributed by atoms with Crippen LogP contribution in [0.15, 0.2) is 36.4 Å². The molecule has 2 aromatic carbocycles. The second-order valence-corrected chi connectivity index (χ2v) is 5.74. The molecular weight excluding hydrogens is 334 g/mol. The molecule has 0 spiro atoms. The van der Waals surface area contributed by atoms with Crippen LogP contribution in [-0.4, -0.2) is 34.3 Å². The molecule has 1 N–H and O–H groups in total. The number of hydrogen-bond acceptors (Lipinski definition) is 5. The molecule has 2 rings (SSSR count). The lowest BCUT2D eigenvalue weighted by molar-refractivity contribution is -0.121. The van der Waals surface area contributed by atoms with E-state index in [0.717, 1.165) is 16.9 Å². The normalized spacial score (nSPS) is 11.4. The summed E-state index contributed by atoms with van der Waals surface area (Å²) in [7, 11) is 6.25. The Morgan fingerprint density at radius 1 is 0.923 bits per heavy atom. The fourth-order valence-corrected chi connectivity index (χ4v) is 2.82. The van der Waals surface area contributed by atoms with Gasteiger partial charge in [0.15, 0.2) is 11.5 Å². The molecule has 2 aromatic rings. The van der Waals surface area contributed by atoms with Crippen molar-refractivity contribution in [2.45, 2.75) is 19.4 Å². The van der Waals surface area contributed by atoms with Crippen LogP contribution in [-0.2, 0) is 11.2 Å². The van der Waals surface area contributed by atoms with E-state index < -0.39 is 0 Å². The summed E-state index contributed by atoms with van der Waals surface area (Å²) in [6.45, 7) is 1.92. The zero-order valence-electron chi connectivity index (χ0n) is 15.8. The third kappa shape index (κ3) is 4.39. The van der Waals surface area contributed by atoms with Crippen LogP contribution < -0.4 is 24.3 Å². The number of carbonyl (C=O) groups excluding carboxylic acids is 1. The third-order valence-corrected chi connectivity index (χ3v) is 4.07. The molecule has 0 radical (unpaired) electrons. The second-order valence-electron chi connectivity index (χ2n) is 5.74. The van der Waals surface area contributed by atoms with E-state index in [9.17, 15) is 4.79 Å².